The second-order valence-corrected chi connectivity index (χ2v) is 3.77. The first kappa shape index (κ1) is 13.4. The summed E-state index contributed by atoms with van der Waals surface area (Å²) in [4.78, 5) is 25.0. The first-order valence-corrected chi connectivity index (χ1v) is 5.96. The summed E-state index contributed by atoms with van der Waals surface area (Å²) in [5.74, 6) is 0.00943. The molecule has 0 spiro atoms. The van der Waals surface area contributed by atoms with E-state index in [9.17, 15) is 9.59 Å². The van der Waals surface area contributed by atoms with E-state index in [1.807, 2.05) is 18.7 Å². The highest BCUT2D eigenvalue weighted by molar-refractivity contribution is 5.77. The van der Waals surface area contributed by atoms with Gasteiger partial charge >= 0.3 is 0 Å². The zero-order chi connectivity index (χ0) is 12.8. The van der Waals surface area contributed by atoms with Crippen molar-refractivity contribution in [3.63, 3.8) is 0 Å². The van der Waals surface area contributed by atoms with Gasteiger partial charge < -0.3 is 4.90 Å². The fraction of sp³-hybridized carbons (Fsp3) is 0.583. The summed E-state index contributed by atoms with van der Waals surface area (Å²) in [5.41, 5.74) is 0.580. The maximum absolute atomic E-state index is 11.7. The maximum atomic E-state index is 11.7. The Hall–Kier alpha value is -1.65. The minimum Gasteiger partial charge on any atom is -0.371 e. The lowest BCUT2D eigenvalue weighted by molar-refractivity contribution is -0.119. The molecule has 0 atom stereocenters. The van der Waals surface area contributed by atoms with Crippen LogP contribution in [-0.4, -0.2) is 28.7 Å². The first-order chi connectivity index (χ1) is 8.12. The molecular formula is C12H19N3O2. The van der Waals surface area contributed by atoms with E-state index in [4.69, 9.17) is 0 Å². The zero-order valence-electron chi connectivity index (χ0n) is 10.6. The van der Waals surface area contributed by atoms with Crippen molar-refractivity contribution >= 4 is 11.5 Å². The third-order valence-electron chi connectivity index (χ3n) is 2.70. The van der Waals surface area contributed by atoms with Crippen molar-refractivity contribution in [2.24, 2.45) is 0 Å². The second-order valence-electron chi connectivity index (χ2n) is 3.77. The lowest BCUT2D eigenvalue weighted by atomic mass is 10.3. The van der Waals surface area contributed by atoms with Crippen LogP contribution in [0.15, 0.2) is 17.1 Å². The third-order valence-corrected chi connectivity index (χ3v) is 2.70. The van der Waals surface area contributed by atoms with E-state index in [-0.39, 0.29) is 17.9 Å². The van der Waals surface area contributed by atoms with Crippen molar-refractivity contribution in [1.82, 2.24) is 9.78 Å². The van der Waals surface area contributed by atoms with Gasteiger partial charge in [-0.1, -0.05) is 6.92 Å². The molecule has 1 aromatic heterocycles. The quantitative estimate of drug-likeness (QED) is 0.742. The van der Waals surface area contributed by atoms with Gasteiger partial charge in [-0.25, -0.2) is 4.68 Å². The van der Waals surface area contributed by atoms with Gasteiger partial charge in [0.15, 0.2) is 5.78 Å². The van der Waals surface area contributed by atoms with Crippen molar-refractivity contribution in [1.29, 1.82) is 0 Å². The number of aromatic nitrogens is 2. The van der Waals surface area contributed by atoms with Crippen LogP contribution in [0.1, 0.15) is 27.2 Å². The van der Waals surface area contributed by atoms with E-state index in [0.717, 1.165) is 18.8 Å². The molecule has 0 bridgehead atoms. The molecular weight excluding hydrogens is 218 g/mol. The van der Waals surface area contributed by atoms with Crippen LogP contribution in [0.25, 0.3) is 0 Å². The topological polar surface area (TPSA) is 55.2 Å². The zero-order valence-corrected chi connectivity index (χ0v) is 10.6. The average Bonchev–Trinajstić information content (AvgIpc) is 2.33. The van der Waals surface area contributed by atoms with E-state index in [1.54, 1.807) is 13.1 Å². The minimum atomic E-state index is -0.226. The molecule has 0 unspecified atom stereocenters. The fourth-order valence-corrected chi connectivity index (χ4v) is 1.58. The average molecular weight is 237 g/mol. The van der Waals surface area contributed by atoms with Gasteiger partial charge in [0.05, 0.1) is 11.9 Å². The lowest BCUT2D eigenvalue weighted by Crippen LogP contribution is -2.29. The van der Waals surface area contributed by atoms with Crippen LogP contribution in [0, 0.1) is 0 Å². The number of hydrogen-bond donors (Lipinski definition) is 0. The van der Waals surface area contributed by atoms with Crippen LogP contribution < -0.4 is 10.5 Å². The number of anilines is 1. The van der Waals surface area contributed by atoms with Crippen molar-refractivity contribution in [2.45, 2.75) is 33.7 Å². The van der Waals surface area contributed by atoms with Gasteiger partial charge in [-0.15, -0.1) is 0 Å². The predicted molar refractivity (Wildman–Crippen MR) is 67.4 cm³/mol. The van der Waals surface area contributed by atoms with Gasteiger partial charge in [0.1, 0.15) is 6.54 Å². The molecule has 0 saturated carbocycles. The molecule has 1 heterocycles. The van der Waals surface area contributed by atoms with E-state index in [2.05, 4.69) is 5.10 Å². The summed E-state index contributed by atoms with van der Waals surface area (Å²) >= 11 is 0. The van der Waals surface area contributed by atoms with Crippen LogP contribution in [0.2, 0.25) is 0 Å². The number of hydrogen-bond acceptors (Lipinski definition) is 4. The molecule has 0 amide bonds. The van der Waals surface area contributed by atoms with Gasteiger partial charge in [0, 0.05) is 25.6 Å². The summed E-state index contributed by atoms with van der Waals surface area (Å²) in [7, 11) is 0. The number of rotatable bonds is 6. The Bertz CT molecular complexity index is 436. The van der Waals surface area contributed by atoms with Crippen molar-refractivity contribution in [2.75, 3.05) is 18.0 Å². The summed E-state index contributed by atoms with van der Waals surface area (Å²) in [6.45, 7) is 7.54. The molecule has 0 N–H and O–H groups in total. The Labute approximate surface area is 101 Å². The van der Waals surface area contributed by atoms with Crippen LogP contribution in [0.5, 0.6) is 0 Å². The number of Topliss-reactive ketones (excluding diaryl/α,β-unsaturated/α-hetero) is 1. The smallest absolute Gasteiger partial charge is 0.269 e. The largest absolute Gasteiger partial charge is 0.371 e. The van der Waals surface area contributed by atoms with E-state index in [1.165, 1.54) is 10.7 Å². The van der Waals surface area contributed by atoms with E-state index in [0.29, 0.717) is 6.42 Å². The molecule has 0 aliphatic heterocycles. The molecule has 1 aromatic rings. The number of carbonyl (C=O) groups excluding carboxylic acids is 1. The SMILES string of the molecule is CCC(=O)Cn1ncc(N(CC)CC)cc1=O. The van der Waals surface area contributed by atoms with Gasteiger partial charge in [-0.05, 0) is 13.8 Å². The highest BCUT2D eigenvalue weighted by Gasteiger charge is 2.07. The fourth-order valence-electron chi connectivity index (χ4n) is 1.58. The molecule has 0 saturated heterocycles. The lowest BCUT2D eigenvalue weighted by Gasteiger charge is -2.20. The molecule has 1 rings (SSSR count). The normalized spacial score (nSPS) is 10.3. The van der Waals surface area contributed by atoms with E-state index >= 15 is 0 Å². The standard InChI is InChI=1S/C12H19N3O2/c1-4-11(16)9-15-12(17)7-10(8-13-15)14(5-2)6-3/h7-8H,4-6,9H2,1-3H3. The van der Waals surface area contributed by atoms with E-state index < -0.39 is 0 Å². The molecule has 0 fully saturated rings. The monoisotopic (exact) mass is 237 g/mol. The molecule has 17 heavy (non-hydrogen) atoms. The number of ketones is 1. The van der Waals surface area contributed by atoms with Gasteiger partial charge in [0.25, 0.3) is 5.56 Å². The first-order valence-electron chi connectivity index (χ1n) is 5.96. The molecule has 5 heteroatoms. The van der Waals surface area contributed by atoms with Crippen LogP contribution in [-0.2, 0) is 11.3 Å². The van der Waals surface area contributed by atoms with Crippen LogP contribution in [0.4, 0.5) is 5.69 Å². The van der Waals surface area contributed by atoms with Crippen molar-refractivity contribution in [3.8, 4) is 0 Å². The summed E-state index contributed by atoms with van der Waals surface area (Å²) < 4.78 is 1.21. The van der Waals surface area contributed by atoms with Gasteiger partial charge in [-0.3, -0.25) is 9.59 Å². The van der Waals surface area contributed by atoms with Crippen LogP contribution in [0.3, 0.4) is 0 Å². The van der Waals surface area contributed by atoms with Gasteiger partial charge in [0.2, 0.25) is 0 Å². The Balaban J connectivity index is 2.93. The minimum absolute atomic E-state index is 0.00943. The number of nitrogens with zero attached hydrogens (tertiary/aromatic N) is 3. The number of carbonyl (C=O) groups is 1. The second kappa shape index (κ2) is 6.18. The third kappa shape index (κ3) is 3.41. The highest BCUT2D eigenvalue weighted by atomic mass is 16.1. The molecule has 0 aromatic carbocycles. The molecule has 94 valence electrons. The van der Waals surface area contributed by atoms with Crippen molar-refractivity contribution in [3.05, 3.63) is 22.6 Å². The Morgan fingerprint density at radius 1 is 1.35 bits per heavy atom. The van der Waals surface area contributed by atoms with Crippen molar-refractivity contribution < 1.29 is 4.79 Å². The molecule has 0 aliphatic rings. The maximum Gasteiger partial charge on any atom is 0.269 e. The Morgan fingerprint density at radius 3 is 2.47 bits per heavy atom. The Morgan fingerprint density at radius 2 is 2.00 bits per heavy atom. The summed E-state index contributed by atoms with van der Waals surface area (Å²) in [6.07, 6.45) is 2.06. The summed E-state index contributed by atoms with van der Waals surface area (Å²) in [6, 6.07) is 1.53. The summed E-state index contributed by atoms with van der Waals surface area (Å²) in [5, 5.41) is 4.02. The van der Waals surface area contributed by atoms with Gasteiger partial charge in [-0.2, -0.15) is 5.10 Å². The molecule has 0 aliphatic carbocycles. The highest BCUT2D eigenvalue weighted by Crippen LogP contribution is 2.08. The van der Waals surface area contributed by atoms with Crippen LogP contribution >= 0.6 is 0 Å². The molecule has 0 radical (unpaired) electrons. The molecule has 5 nitrogen and oxygen atoms in total. The predicted octanol–water partition coefficient (Wildman–Crippen LogP) is 1.07. The Kier molecular flexibility index (Phi) is 4.87.